The molecule has 0 unspecified atom stereocenters. The molecule has 0 amide bonds. The minimum Gasteiger partial charge on any atom is -0.497 e. The van der Waals surface area contributed by atoms with E-state index in [4.69, 9.17) is 28.1 Å². The lowest BCUT2D eigenvalue weighted by Crippen LogP contribution is -2.09. The number of esters is 1. The number of benzene rings is 3. The number of hydrogen-bond donors (Lipinski definition) is 0. The van der Waals surface area contributed by atoms with E-state index in [9.17, 15) is 9.59 Å². The van der Waals surface area contributed by atoms with E-state index < -0.39 is 10.9 Å². The first-order chi connectivity index (χ1) is 16.0. The fourth-order valence-electron chi connectivity index (χ4n) is 3.38. The van der Waals surface area contributed by atoms with Gasteiger partial charge >= 0.3 is 10.9 Å². The third-order valence-electron chi connectivity index (χ3n) is 4.90. The van der Waals surface area contributed by atoms with Crippen LogP contribution in [-0.2, 0) is 0 Å². The molecule has 33 heavy (non-hydrogen) atoms. The molecule has 0 spiro atoms. The zero-order chi connectivity index (χ0) is 23.5. The van der Waals surface area contributed by atoms with E-state index >= 15 is 0 Å². The predicted molar refractivity (Wildman–Crippen MR) is 123 cm³/mol. The first kappa shape index (κ1) is 22.2. The molecule has 8 nitrogen and oxygen atoms in total. The molecule has 170 valence electrons. The van der Waals surface area contributed by atoms with E-state index in [0.29, 0.717) is 38.8 Å². The molecule has 0 N–H and O–H groups in total. The second-order valence-electron chi connectivity index (χ2n) is 6.79. The van der Waals surface area contributed by atoms with Crippen LogP contribution < -0.4 is 28.6 Å². The highest BCUT2D eigenvalue weighted by Gasteiger charge is 2.20. The van der Waals surface area contributed by atoms with Crippen molar-refractivity contribution in [1.82, 2.24) is 0 Å². The molecule has 0 radical (unpaired) electrons. The van der Waals surface area contributed by atoms with Gasteiger partial charge in [0.25, 0.3) is 0 Å². The molecule has 0 bridgehead atoms. The van der Waals surface area contributed by atoms with Gasteiger partial charge in [0.2, 0.25) is 5.75 Å². The van der Waals surface area contributed by atoms with Gasteiger partial charge in [-0.05, 0) is 35.9 Å². The van der Waals surface area contributed by atoms with Gasteiger partial charge in [-0.25, -0.2) is 9.59 Å². The zero-order valence-electron chi connectivity index (χ0n) is 18.3. The number of carbonyl (C=O) groups excluding carboxylic acids is 1. The monoisotopic (exact) mass is 468 g/mol. The fourth-order valence-corrected chi connectivity index (χ4v) is 4.10. The molecule has 0 saturated carbocycles. The molecule has 0 aliphatic heterocycles. The van der Waals surface area contributed by atoms with Crippen LogP contribution in [0.5, 0.6) is 28.7 Å². The molecule has 4 aromatic rings. The number of ether oxygens (including phenoxy) is 5. The first-order valence-corrected chi connectivity index (χ1v) is 10.5. The largest absolute Gasteiger partial charge is 0.497 e. The highest BCUT2D eigenvalue weighted by molar-refractivity contribution is 7.16. The fraction of sp³-hybridized carbons (Fsp3) is 0.167. The molecule has 0 fully saturated rings. The van der Waals surface area contributed by atoms with E-state index in [2.05, 4.69) is 0 Å². The average Bonchev–Trinajstić information content (AvgIpc) is 3.22. The second kappa shape index (κ2) is 9.25. The summed E-state index contributed by atoms with van der Waals surface area (Å²) in [6, 6.07) is 13.5. The van der Waals surface area contributed by atoms with E-state index in [-0.39, 0.29) is 11.3 Å². The molecule has 1 aromatic heterocycles. The van der Waals surface area contributed by atoms with E-state index in [0.717, 1.165) is 16.9 Å². The van der Waals surface area contributed by atoms with Crippen molar-refractivity contribution in [2.24, 2.45) is 0 Å². The van der Waals surface area contributed by atoms with Crippen LogP contribution in [0.4, 0.5) is 0 Å². The standard InChI is InChI=1S/C24H20O8S/c1-27-15-7-5-6-13(8-15)17-11-16(12-20-21(17)32-24(26)33-20)31-23(25)14-9-18(28-2)22(30-4)19(10-14)29-3/h5-12H,1-4H3. The van der Waals surface area contributed by atoms with E-state index in [1.807, 2.05) is 12.1 Å². The Morgan fingerprint density at radius 2 is 1.58 bits per heavy atom. The molecular weight excluding hydrogens is 448 g/mol. The van der Waals surface area contributed by atoms with E-state index in [1.165, 1.54) is 33.5 Å². The normalized spacial score (nSPS) is 10.7. The minimum absolute atomic E-state index is 0.202. The van der Waals surface area contributed by atoms with Crippen molar-refractivity contribution in [1.29, 1.82) is 0 Å². The van der Waals surface area contributed by atoms with Gasteiger partial charge in [0.05, 0.1) is 38.7 Å². The Bertz CT molecular complexity index is 1360. The van der Waals surface area contributed by atoms with Crippen molar-refractivity contribution in [2.75, 3.05) is 28.4 Å². The van der Waals surface area contributed by atoms with Crippen molar-refractivity contribution < 1.29 is 32.9 Å². The summed E-state index contributed by atoms with van der Waals surface area (Å²) in [7, 11) is 5.96. The molecule has 0 atom stereocenters. The Labute approximate surface area is 192 Å². The summed E-state index contributed by atoms with van der Waals surface area (Å²) in [5.41, 5.74) is 1.95. The highest BCUT2D eigenvalue weighted by atomic mass is 32.1. The molecule has 3 aromatic carbocycles. The van der Waals surface area contributed by atoms with E-state index in [1.54, 1.807) is 31.4 Å². The van der Waals surface area contributed by atoms with Gasteiger partial charge in [0, 0.05) is 11.6 Å². The number of hydrogen-bond acceptors (Lipinski definition) is 9. The van der Waals surface area contributed by atoms with Crippen molar-refractivity contribution in [2.45, 2.75) is 0 Å². The molecule has 0 aliphatic rings. The zero-order valence-corrected chi connectivity index (χ0v) is 19.1. The van der Waals surface area contributed by atoms with Crippen molar-refractivity contribution >= 4 is 27.6 Å². The Morgan fingerprint density at radius 1 is 0.848 bits per heavy atom. The van der Waals surface area contributed by atoms with Gasteiger partial charge in [0.15, 0.2) is 17.1 Å². The smallest absolute Gasteiger partial charge is 0.396 e. The summed E-state index contributed by atoms with van der Waals surface area (Å²) in [5, 5.41) is 0. The molecule has 0 saturated heterocycles. The number of methoxy groups -OCH3 is 4. The van der Waals surface area contributed by atoms with Gasteiger partial charge in [-0.3, -0.25) is 0 Å². The molecule has 0 aliphatic carbocycles. The predicted octanol–water partition coefficient (Wildman–Crippen LogP) is 4.78. The third kappa shape index (κ3) is 4.35. The molecule has 1 heterocycles. The van der Waals surface area contributed by atoms with Crippen molar-refractivity contribution in [3.63, 3.8) is 0 Å². The van der Waals surface area contributed by atoms with Crippen LogP contribution >= 0.6 is 11.3 Å². The molecular formula is C24H20O8S. The summed E-state index contributed by atoms with van der Waals surface area (Å²) in [6.45, 7) is 0. The van der Waals surface area contributed by atoms with Gasteiger partial charge in [-0.15, -0.1) is 0 Å². The first-order valence-electron chi connectivity index (χ1n) is 9.71. The Kier molecular flexibility index (Phi) is 6.23. The van der Waals surface area contributed by atoms with Crippen LogP contribution in [0.2, 0.25) is 0 Å². The summed E-state index contributed by atoms with van der Waals surface area (Å²) in [6.07, 6.45) is 0. The van der Waals surface area contributed by atoms with Crippen molar-refractivity contribution in [3.8, 4) is 39.9 Å². The second-order valence-corrected chi connectivity index (χ2v) is 7.76. The summed E-state index contributed by atoms with van der Waals surface area (Å²) < 4.78 is 32.8. The number of fused-ring (bicyclic) bond motifs is 1. The van der Waals surface area contributed by atoms with Gasteiger partial charge in [-0.1, -0.05) is 23.5 Å². The van der Waals surface area contributed by atoms with Gasteiger partial charge < -0.3 is 28.1 Å². The SMILES string of the molecule is COc1cccc(-c2cc(OC(=O)c3cc(OC)c(OC)c(OC)c3)cc3sc(=O)oc23)c1. The van der Waals surface area contributed by atoms with Crippen LogP contribution in [0.1, 0.15) is 10.4 Å². The average molecular weight is 468 g/mol. The van der Waals surface area contributed by atoms with Crippen LogP contribution in [0.15, 0.2) is 57.7 Å². The number of carbonyl (C=O) groups is 1. The topological polar surface area (TPSA) is 93.4 Å². The quantitative estimate of drug-likeness (QED) is 0.283. The Morgan fingerprint density at radius 3 is 2.21 bits per heavy atom. The Hall–Kier alpha value is -3.98. The minimum atomic E-state index is -0.638. The molecule has 4 rings (SSSR count). The maximum Gasteiger partial charge on any atom is 0.396 e. The van der Waals surface area contributed by atoms with Crippen molar-refractivity contribution in [3.05, 3.63) is 63.8 Å². The van der Waals surface area contributed by atoms with Crippen LogP contribution in [-0.4, -0.2) is 34.4 Å². The van der Waals surface area contributed by atoms with Crippen LogP contribution in [0.3, 0.4) is 0 Å². The molecule has 9 heteroatoms. The summed E-state index contributed by atoms with van der Waals surface area (Å²) in [4.78, 5) is 24.4. The summed E-state index contributed by atoms with van der Waals surface area (Å²) in [5.74, 6) is 1.26. The third-order valence-corrected chi connectivity index (χ3v) is 5.67. The van der Waals surface area contributed by atoms with Crippen LogP contribution in [0, 0.1) is 0 Å². The van der Waals surface area contributed by atoms with Gasteiger partial charge in [0.1, 0.15) is 11.5 Å². The highest BCUT2D eigenvalue weighted by Crippen LogP contribution is 2.39. The summed E-state index contributed by atoms with van der Waals surface area (Å²) >= 11 is 0.924. The maximum absolute atomic E-state index is 13.0. The number of rotatable bonds is 7. The Balaban J connectivity index is 1.77. The van der Waals surface area contributed by atoms with Gasteiger partial charge in [-0.2, -0.15) is 0 Å². The lowest BCUT2D eigenvalue weighted by atomic mass is 10.0. The van der Waals surface area contributed by atoms with Crippen LogP contribution in [0.25, 0.3) is 21.4 Å². The lowest BCUT2D eigenvalue weighted by Gasteiger charge is -2.14. The maximum atomic E-state index is 13.0. The lowest BCUT2D eigenvalue weighted by molar-refractivity contribution is 0.0734.